The SMILES string of the molecule is CC1Cc2cc(S(=O)(=O)N3CCCCC3CN)cc(Cl)c2O1. The van der Waals surface area contributed by atoms with Crippen LogP contribution in [0.4, 0.5) is 0 Å². The molecular formula is C15H21ClN2O3S. The molecule has 1 saturated heterocycles. The van der Waals surface area contributed by atoms with Crippen molar-refractivity contribution in [2.75, 3.05) is 13.1 Å². The molecule has 0 radical (unpaired) electrons. The minimum absolute atomic E-state index is 0.0252. The third-order valence-electron chi connectivity index (χ3n) is 4.37. The van der Waals surface area contributed by atoms with Crippen LogP contribution in [0.2, 0.25) is 5.02 Å². The number of halogens is 1. The van der Waals surface area contributed by atoms with E-state index in [0.29, 0.717) is 30.3 Å². The fourth-order valence-electron chi connectivity index (χ4n) is 3.27. The van der Waals surface area contributed by atoms with Crippen LogP contribution in [0.5, 0.6) is 5.75 Å². The molecule has 5 nitrogen and oxygen atoms in total. The number of nitrogens with zero attached hydrogens (tertiary/aromatic N) is 1. The Morgan fingerprint density at radius 1 is 1.41 bits per heavy atom. The predicted octanol–water partition coefficient (Wildman–Crippen LogP) is 2.17. The lowest BCUT2D eigenvalue weighted by Gasteiger charge is -2.34. The first-order valence-electron chi connectivity index (χ1n) is 7.64. The van der Waals surface area contributed by atoms with Gasteiger partial charge in [0.15, 0.2) is 0 Å². The van der Waals surface area contributed by atoms with Crippen LogP contribution in [0.3, 0.4) is 0 Å². The highest BCUT2D eigenvalue weighted by Crippen LogP contribution is 2.39. The zero-order chi connectivity index (χ0) is 15.9. The van der Waals surface area contributed by atoms with Crippen molar-refractivity contribution in [2.45, 2.75) is 49.6 Å². The summed E-state index contributed by atoms with van der Waals surface area (Å²) in [5, 5.41) is 0.363. The fraction of sp³-hybridized carbons (Fsp3) is 0.600. The van der Waals surface area contributed by atoms with Crippen molar-refractivity contribution in [2.24, 2.45) is 5.73 Å². The van der Waals surface area contributed by atoms with E-state index in [9.17, 15) is 8.42 Å². The molecule has 7 heteroatoms. The van der Waals surface area contributed by atoms with Gasteiger partial charge < -0.3 is 10.5 Å². The molecule has 2 aliphatic rings. The highest BCUT2D eigenvalue weighted by atomic mass is 35.5. The van der Waals surface area contributed by atoms with Crippen molar-refractivity contribution in [3.05, 3.63) is 22.7 Å². The van der Waals surface area contributed by atoms with Gasteiger partial charge in [-0.15, -0.1) is 0 Å². The van der Waals surface area contributed by atoms with Gasteiger partial charge in [0.2, 0.25) is 10.0 Å². The smallest absolute Gasteiger partial charge is 0.243 e. The Morgan fingerprint density at radius 3 is 2.91 bits per heavy atom. The van der Waals surface area contributed by atoms with Crippen LogP contribution >= 0.6 is 11.6 Å². The van der Waals surface area contributed by atoms with Crippen LogP contribution in [0.1, 0.15) is 31.7 Å². The molecule has 0 spiro atoms. The summed E-state index contributed by atoms with van der Waals surface area (Å²) < 4.78 is 33.1. The molecule has 122 valence electrons. The van der Waals surface area contributed by atoms with E-state index in [2.05, 4.69) is 0 Å². The minimum Gasteiger partial charge on any atom is -0.489 e. The molecule has 2 atom stereocenters. The van der Waals surface area contributed by atoms with E-state index in [-0.39, 0.29) is 17.0 Å². The summed E-state index contributed by atoms with van der Waals surface area (Å²) in [7, 11) is -3.57. The molecule has 2 aliphatic heterocycles. The molecule has 1 fully saturated rings. The van der Waals surface area contributed by atoms with Gasteiger partial charge >= 0.3 is 0 Å². The monoisotopic (exact) mass is 344 g/mol. The Hall–Kier alpha value is -0.820. The molecule has 2 N–H and O–H groups in total. The maximum Gasteiger partial charge on any atom is 0.243 e. The topological polar surface area (TPSA) is 72.6 Å². The van der Waals surface area contributed by atoms with Gasteiger partial charge in [-0.1, -0.05) is 18.0 Å². The molecule has 1 aromatic rings. The summed E-state index contributed by atoms with van der Waals surface area (Å²) in [6.07, 6.45) is 3.41. The standard InChI is InChI=1S/C15H21ClN2O3S/c1-10-6-11-7-13(8-14(16)15(11)21-10)22(19,20)18-5-3-2-4-12(18)9-17/h7-8,10,12H,2-6,9,17H2,1H3. The first-order valence-corrected chi connectivity index (χ1v) is 9.46. The average Bonchev–Trinajstić information content (AvgIpc) is 2.88. The lowest BCUT2D eigenvalue weighted by molar-refractivity contribution is 0.254. The first kappa shape index (κ1) is 16.1. The summed E-state index contributed by atoms with van der Waals surface area (Å²) in [4.78, 5) is 0.245. The molecule has 0 aliphatic carbocycles. The molecule has 1 aromatic carbocycles. The van der Waals surface area contributed by atoms with E-state index >= 15 is 0 Å². The quantitative estimate of drug-likeness (QED) is 0.912. The Labute approximate surface area is 136 Å². The summed E-state index contributed by atoms with van der Waals surface area (Å²) in [5.74, 6) is 0.613. The second-order valence-corrected chi connectivity index (χ2v) is 8.32. The van der Waals surface area contributed by atoms with Crippen molar-refractivity contribution >= 4 is 21.6 Å². The second-order valence-electron chi connectivity index (χ2n) is 6.03. The number of sulfonamides is 1. The number of fused-ring (bicyclic) bond motifs is 1. The van der Waals surface area contributed by atoms with E-state index in [1.54, 1.807) is 6.07 Å². The first-order chi connectivity index (χ1) is 10.4. The minimum atomic E-state index is -3.57. The summed E-state index contributed by atoms with van der Waals surface area (Å²) in [6.45, 7) is 2.81. The molecule has 0 saturated carbocycles. The molecule has 0 bridgehead atoms. The van der Waals surface area contributed by atoms with Crippen LogP contribution in [-0.4, -0.2) is 38.0 Å². The number of hydrogen-bond acceptors (Lipinski definition) is 4. The molecule has 2 unspecified atom stereocenters. The second kappa shape index (κ2) is 6.00. The van der Waals surface area contributed by atoms with Gasteiger partial charge in [0.25, 0.3) is 0 Å². The lowest BCUT2D eigenvalue weighted by Crippen LogP contribution is -2.47. The van der Waals surface area contributed by atoms with E-state index in [4.69, 9.17) is 22.1 Å². The number of piperidine rings is 1. The largest absolute Gasteiger partial charge is 0.489 e. The normalized spacial score (nSPS) is 25.8. The average molecular weight is 345 g/mol. The van der Waals surface area contributed by atoms with Crippen LogP contribution in [0.15, 0.2) is 17.0 Å². The number of nitrogens with two attached hydrogens (primary N) is 1. The van der Waals surface area contributed by atoms with Crippen molar-refractivity contribution in [3.63, 3.8) is 0 Å². The highest BCUT2D eigenvalue weighted by molar-refractivity contribution is 7.89. The summed E-state index contributed by atoms with van der Waals surface area (Å²) in [5.41, 5.74) is 6.62. The zero-order valence-electron chi connectivity index (χ0n) is 12.6. The van der Waals surface area contributed by atoms with Crippen molar-refractivity contribution in [1.82, 2.24) is 4.31 Å². The number of ether oxygens (including phenoxy) is 1. The molecule has 2 heterocycles. The third kappa shape index (κ3) is 2.73. The van der Waals surface area contributed by atoms with E-state index in [1.165, 1.54) is 10.4 Å². The maximum absolute atomic E-state index is 13.0. The van der Waals surface area contributed by atoms with Gasteiger partial charge in [0, 0.05) is 31.1 Å². The fourth-order valence-corrected chi connectivity index (χ4v) is 5.40. The summed E-state index contributed by atoms with van der Waals surface area (Å²) in [6, 6.07) is 3.07. The van der Waals surface area contributed by atoms with E-state index in [1.807, 2.05) is 6.92 Å². The Kier molecular flexibility index (Phi) is 4.38. The zero-order valence-corrected chi connectivity index (χ0v) is 14.2. The van der Waals surface area contributed by atoms with Gasteiger partial charge in [0.1, 0.15) is 11.9 Å². The Balaban J connectivity index is 1.99. The van der Waals surface area contributed by atoms with E-state index in [0.717, 1.165) is 24.8 Å². The number of hydrogen-bond donors (Lipinski definition) is 1. The van der Waals surface area contributed by atoms with E-state index < -0.39 is 10.0 Å². The predicted molar refractivity (Wildman–Crippen MR) is 85.8 cm³/mol. The van der Waals surface area contributed by atoms with Gasteiger partial charge in [-0.3, -0.25) is 0 Å². The molecule has 0 aromatic heterocycles. The number of benzene rings is 1. The van der Waals surface area contributed by atoms with Gasteiger partial charge in [0.05, 0.1) is 9.92 Å². The van der Waals surface area contributed by atoms with Gasteiger partial charge in [-0.2, -0.15) is 4.31 Å². The molecule has 3 rings (SSSR count). The van der Waals surface area contributed by atoms with Gasteiger partial charge in [-0.25, -0.2) is 8.42 Å². The van der Waals surface area contributed by atoms with Crippen molar-refractivity contribution in [1.29, 1.82) is 0 Å². The molecule has 0 amide bonds. The van der Waals surface area contributed by atoms with Crippen LogP contribution in [0.25, 0.3) is 0 Å². The Bertz CT molecular complexity index is 678. The van der Waals surface area contributed by atoms with Crippen LogP contribution in [-0.2, 0) is 16.4 Å². The highest BCUT2D eigenvalue weighted by Gasteiger charge is 2.34. The third-order valence-corrected chi connectivity index (χ3v) is 6.58. The summed E-state index contributed by atoms with van der Waals surface area (Å²) >= 11 is 6.22. The van der Waals surface area contributed by atoms with Crippen LogP contribution in [0, 0.1) is 0 Å². The number of rotatable bonds is 3. The van der Waals surface area contributed by atoms with Crippen LogP contribution < -0.4 is 10.5 Å². The Morgan fingerprint density at radius 2 is 2.18 bits per heavy atom. The van der Waals surface area contributed by atoms with Crippen molar-refractivity contribution in [3.8, 4) is 5.75 Å². The molecular weight excluding hydrogens is 324 g/mol. The maximum atomic E-state index is 13.0. The lowest BCUT2D eigenvalue weighted by atomic mass is 10.1. The molecule has 22 heavy (non-hydrogen) atoms. The van der Waals surface area contributed by atoms with Gasteiger partial charge in [-0.05, 0) is 31.9 Å². The van der Waals surface area contributed by atoms with Crippen molar-refractivity contribution < 1.29 is 13.2 Å².